The third-order valence-corrected chi connectivity index (χ3v) is 4.84. The van der Waals surface area contributed by atoms with Crippen molar-refractivity contribution in [3.8, 4) is 5.75 Å². The van der Waals surface area contributed by atoms with Gasteiger partial charge >= 0.3 is 6.03 Å². The maximum absolute atomic E-state index is 12.6. The van der Waals surface area contributed by atoms with E-state index in [1.165, 1.54) is 0 Å². The lowest BCUT2D eigenvalue weighted by Gasteiger charge is -2.12. The molecule has 0 spiro atoms. The zero-order valence-electron chi connectivity index (χ0n) is 16.3. The lowest BCUT2D eigenvalue weighted by molar-refractivity contribution is -0.127. The highest BCUT2D eigenvalue weighted by Gasteiger charge is 2.34. The standard InChI is InChI=1S/C22H20BrN3O4/c1-3-10-30-19-9-6-15(11-17(19)23)12-18-21(28)26(22(29)25-18)13-20(27)24-16-7-4-14(2)5-8-16/h3-9,11-12H,1,10,13H2,2H3,(H,24,27)(H,25,29)/b18-12+. The predicted molar refractivity (Wildman–Crippen MR) is 118 cm³/mol. The average Bonchev–Trinajstić information content (AvgIpc) is 2.96. The van der Waals surface area contributed by atoms with Gasteiger partial charge in [0.1, 0.15) is 24.6 Å². The number of halogens is 1. The molecule has 8 heteroatoms. The van der Waals surface area contributed by atoms with E-state index in [9.17, 15) is 14.4 Å². The summed E-state index contributed by atoms with van der Waals surface area (Å²) < 4.78 is 6.19. The van der Waals surface area contributed by atoms with Crippen molar-refractivity contribution < 1.29 is 19.1 Å². The highest BCUT2D eigenvalue weighted by molar-refractivity contribution is 9.10. The van der Waals surface area contributed by atoms with Crippen LogP contribution in [0.15, 0.2) is 65.3 Å². The first-order chi connectivity index (χ1) is 14.4. The number of carbonyl (C=O) groups is 3. The maximum atomic E-state index is 12.6. The summed E-state index contributed by atoms with van der Waals surface area (Å²) >= 11 is 3.41. The molecule has 0 radical (unpaired) electrons. The molecule has 1 aliphatic rings. The second-order valence-corrected chi connectivity index (χ2v) is 7.44. The van der Waals surface area contributed by atoms with E-state index >= 15 is 0 Å². The average molecular weight is 470 g/mol. The Morgan fingerprint density at radius 2 is 1.97 bits per heavy atom. The number of anilines is 1. The first-order valence-corrected chi connectivity index (χ1v) is 9.91. The van der Waals surface area contributed by atoms with Gasteiger partial charge in [-0.1, -0.05) is 36.4 Å². The molecule has 4 amide bonds. The van der Waals surface area contributed by atoms with Gasteiger partial charge in [-0.15, -0.1) is 0 Å². The number of amides is 4. The Bertz CT molecular complexity index is 1030. The smallest absolute Gasteiger partial charge is 0.329 e. The highest BCUT2D eigenvalue weighted by atomic mass is 79.9. The number of benzene rings is 2. The fourth-order valence-electron chi connectivity index (χ4n) is 2.74. The molecule has 0 atom stereocenters. The van der Waals surface area contributed by atoms with E-state index in [0.717, 1.165) is 10.5 Å². The monoisotopic (exact) mass is 469 g/mol. The number of nitrogens with one attached hydrogen (secondary N) is 2. The number of rotatable bonds is 7. The van der Waals surface area contributed by atoms with Gasteiger partial charge in [-0.3, -0.25) is 9.59 Å². The zero-order valence-corrected chi connectivity index (χ0v) is 17.9. The summed E-state index contributed by atoms with van der Waals surface area (Å²) in [5.74, 6) is -0.398. The minimum Gasteiger partial charge on any atom is -0.488 e. The van der Waals surface area contributed by atoms with Crippen LogP contribution in [-0.4, -0.2) is 35.9 Å². The number of ether oxygens (including phenoxy) is 1. The largest absolute Gasteiger partial charge is 0.488 e. The Balaban J connectivity index is 1.68. The Kier molecular flexibility index (Phi) is 6.68. The van der Waals surface area contributed by atoms with Gasteiger partial charge < -0.3 is 15.4 Å². The summed E-state index contributed by atoms with van der Waals surface area (Å²) in [5, 5.41) is 5.18. The van der Waals surface area contributed by atoms with Crippen molar-refractivity contribution in [3.63, 3.8) is 0 Å². The van der Waals surface area contributed by atoms with Crippen molar-refractivity contribution in [3.05, 3.63) is 76.4 Å². The fraction of sp³-hybridized carbons (Fsp3) is 0.136. The summed E-state index contributed by atoms with van der Waals surface area (Å²) in [7, 11) is 0. The van der Waals surface area contributed by atoms with Crippen molar-refractivity contribution in [2.24, 2.45) is 0 Å². The second kappa shape index (κ2) is 9.41. The molecule has 154 valence electrons. The van der Waals surface area contributed by atoms with Crippen LogP contribution < -0.4 is 15.4 Å². The summed E-state index contributed by atoms with van der Waals surface area (Å²) in [6.45, 7) is 5.53. The van der Waals surface area contributed by atoms with Crippen LogP contribution in [0.5, 0.6) is 5.75 Å². The SMILES string of the molecule is C=CCOc1ccc(/C=C2/NC(=O)N(CC(=O)Nc3ccc(C)cc3)C2=O)cc1Br. The molecule has 0 aromatic heterocycles. The van der Waals surface area contributed by atoms with Crippen molar-refractivity contribution in [2.45, 2.75) is 6.92 Å². The normalized spacial score (nSPS) is 14.6. The first kappa shape index (κ1) is 21.3. The molecule has 2 N–H and O–H groups in total. The maximum Gasteiger partial charge on any atom is 0.329 e. The van der Waals surface area contributed by atoms with E-state index in [0.29, 0.717) is 28.1 Å². The molecule has 0 aliphatic carbocycles. The van der Waals surface area contributed by atoms with E-state index in [1.54, 1.807) is 42.5 Å². The molecule has 30 heavy (non-hydrogen) atoms. The molecule has 0 bridgehead atoms. The van der Waals surface area contributed by atoms with Gasteiger partial charge in [0.15, 0.2) is 0 Å². The Morgan fingerprint density at radius 3 is 2.63 bits per heavy atom. The molecule has 1 aliphatic heterocycles. The molecule has 0 saturated carbocycles. The van der Waals surface area contributed by atoms with Crippen molar-refractivity contribution in [2.75, 3.05) is 18.5 Å². The van der Waals surface area contributed by atoms with Crippen molar-refractivity contribution in [1.82, 2.24) is 10.2 Å². The van der Waals surface area contributed by atoms with Crippen LogP contribution in [0, 0.1) is 6.92 Å². The van der Waals surface area contributed by atoms with E-state index in [1.807, 2.05) is 19.1 Å². The fourth-order valence-corrected chi connectivity index (χ4v) is 3.25. The summed E-state index contributed by atoms with van der Waals surface area (Å²) in [6, 6.07) is 11.8. The third-order valence-electron chi connectivity index (χ3n) is 4.22. The first-order valence-electron chi connectivity index (χ1n) is 9.11. The van der Waals surface area contributed by atoms with E-state index in [4.69, 9.17) is 4.74 Å². The van der Waals surface area contributed by atoms with E-state index < -0.39 is 17.8 Å². The Labute approximate surface area is 182 Å². The van der Waals surface area contributed by atoms with E-state index in [-0.39, 0.29) is 12.2 Å². The molecule has 1 fully saturated rings. The van der Waals surface area contributed by atoms with Crippen LogP contribution in [0.3, 0.4) is 0 Å². The highest BCUT2D eigenvalue weighted by Crippen LogP contribution is 2.27. The quantitative estimate of drug-likeness (QED) is 0.366. The molecule has 1 heterocycles. The number of aryl methyl sites for hydroxylation is 1. The van der Waals surface area contributed by atoms with Crippen molar-refractivity contribution >= 4 is 45.5 Å². The van der Waals surface area contributed by atoms with Gasteiger partial charge in [0.25, 0.3) is 5.91 Å². The van der Waals surface area contributed by atoms with Gasteiger partial charge in [0.05, 0.1) is 4.47 Å². The molecule has 2 aromatic rings. The summed E-state index contributed by atoms with van der Waals surface area (Å²) in [5.41, 5.74) is 2.43. The molecular weight excluding hydrogens is 450 g/mol. The minimum absolute atomic E-state index is 0.0924. The number of hydrogen-bond acceptors (Lipinski definition) is 4. The Morgan fingerprint density at radius 1 is 1.23 bits per heavy atom. The molecule has 3 rings (SSSR count). The number of carbonyl (C=O) groups excluding carboxylic acids is 3. The lowest BCUT2D eigenvalue weighted by Crippen LogP contribution is -2.38. The van der Waals surface area contributed by atoms with E-state index in [2.05, 4.69) is 33.1 Å². The van der Waals surface area contributed by atoms with Crippen LogP contribution in [-0.2, 0) is 9.59 Å². The van der Waals surface area contributed by atoms with Gasteiger partial charge in [-0.2, -0.15) is 0 Å². The molecule has 1 saturated heterocycles. The van der Waals surface area contributed by atoms with Crippen LogP contribution in [0.25, 0.3) is 6.08 Å². The van der Waals surface area contributed by atoms with Crippen LogP contribution in [0.1, 0.15) is 11.1 Å². The third kappa shape index (κ3) is 5.15. The topological polar surface area (TPSA) is 87.7 Å². The van der Waals surface area contributed by atoms with Crippen LogP contribution >= 0.6 is 15.9 Å². The van der Waals surface area contributed by atoms with Gasteiger partial charge in [-0.25, -0.2) is 9.69 Å². The molecule has 0 unspecified atom stereocenters. The Hall–Kier alpha value is -3.39. The van der Waals surface area contributed by atoms with Crippen LogP contribution in [0.2, 0.25) is 0 Å². The predicted octanol–water partition coefficient (Wildman–Crippen LogP) is 3.85. The van der Waals surface area contributed by atoms with Crippen LogP contribution in [0.4, 0.5) is 10.5 Å². The lowest BCUT2D eigenvalue weighted by atomic mass is 10.2. The number of imide groups is 1. The van der Waals surface area contributed by atoms with Gasteiger partial charge in [-0.05, 0) is 58.8 Å². The number of nitrogens with zero attached hydrogens (tertiary/aromatic N) is 1. The number of hydrogen-bond donors (Lipinski definition) is 2. The zero-order chi connectivity index (χ0) is 21.7. The second-order valence-electron chi connectivity index (χ2n) is 6.58. The summed E-state index contributed by atoms with van der Waals surface area (Å²) in [6.07, 6.45) is 3.18. The molecule has 2 aromatic carbocycles. The molecule has 7 nitrogen and oxygen atoms in total. The number of urea groups is 1. The van der Waals surface area contributed by atoms with Crippen molar-refractivity contribution in [1.29, 1.82) is 0 Å². The van der Waals surface area contributed by atoms with Gasteiger partial charge in [0, 0.05) is 5.69 Å². The molecular formula is C22H20BrN3O4. The summed E-state index contributed by atoms with van der Waals surface area (Å²) in [4.78, 5) is 37.9. The minimum atomic E-state index is -0.643. The van der Waals surface area contributed by atoms with Gasteiger partial charge in [0.2, 0.25) is 5.91 Å².